The number of nitrogens with zero attached hydrogens (tertiary/aromatic N) is 1. The summed E-state index contributed by atoms with van der Waals surface area (Å²) in [4.78, 5) is 2.31. The van der Waals surface area contributed by atoms with Crippen molar-refractivity contribution in [2.24, 2.45) is 5.92 Å². The van der Waals surface area contributed by atoms with Crippen LogP contribution in [0.1, 0.15) is 12.0 Å². The lowest BCUT2D eigenvalue weighted by Crippen LogP contribution is -2.26. The molecule has 0 aromatic heterocycles. The standard InChI is InChI=1S/C16H23NO4/c1-17(9-12-3-4-19-11-12)10-13-7-15-16(8-14(13)18-2)21-6-5-20-15/h7-8,12H,3-6,9-11H2,1-2H3/t12-/m0/s1. The van der Waals surface area contributed by atoms with Gasteiger partial charge in [0.1, 0.15) is 19.0 Å². The molecule has 5 nitrogen and oxygen atoms in total. The molecule has 1 fully saturated rings. The first-order valence-corrected chi connectivity index (χ1v) is 7.49. The molecule has 0 spiro atoms. The maximum absolute atomic E-state index is 5.66. The second-order valence-corrected chi connectivity index (χ2v) is 5.73. The molecule has 0 saturated carbocycles. The topological polar surface area (TPSA) is 40.2 Å². The Morgan fingerprint density at radius 3 is 2.62 bits per heavy atom. The van der Waals surface area contributed by atoms with E-state index in [2.05, 4.69) is 11.9 Å². The fourth-order valence-corrected chi connectivity index (χ4v) is 2.95. The van der Waals surface area contributed by atoms with E-state index in [-0.39, 0.29) is 0 Å². The Bertz CT molecular complexity index is 485. The molecule has 3 rings (SSSR count). The molecule has 21 heavy (non-hydrogen) atoms. The van der Waals surface area contributed by atoms with Gasteiger partial charge in [0, 0.05) is 31.3 Å². The van der Waals surface area contributed by atoms with Crippen molar-refractivity contribution in [1.82, 2.24) is 4.90 Å². The van der Waals surface area contributed by atoms with Gasteiger partial charge in [0.05, 0.1) is 13.7 Å². The molecule has 2 aliphatic rings. The summed E-state index contributed by atoms with van der Waals surface area (Å²) in [5, 5.41) is 0. The molecular weight excluding hydrogens is 270 g/mol. The van der Waals surface area contributed by atoms with Crippen LogP contribution < -0.4 is 14.2 Å². The molecule has 0 radical (unpaired) electrons. The zero-order valence-electron chi connectivity index (χ0n) is 12.8. The average Bonchev–Trinajstić information content (AvgIpc) is 2.99. The summed E-state index contributed by atoms with van der Waals surface area (Å²) in [6.07, 6.45) is 1.16. The smallest absolute Gasteiger partial charge is 0.165 e. The van der Waals surface area contributed by atoms with E-state index in [1.807, 2.05) is 12.1 Å². The van der Waals surface area contributed by atoms with E-state index in [1.165, 1.54) is 0 Å². The molecule has 1 aromatic rings. The molecule has 1 saturated heterocycles. The Morgan fingerprint density at radius 1 is 1.19 bits per heavy atom. The van der Waals surface area contributed by atoms with Gasteiger partial charge in [-0.2, -0.15) is 0 Å². The fourth-order valence-electron chi connectivity index (χ4n) is 2.95. The van der Waals surface area contributed by atoms with E-state index < -0.39 is 0 Å². The molecule has 0 bridgehead atoms. The van der Waals surface area contributed by atoms with Gasteiger partial charge in [0.15, 0.2) is 11.5 Å². The summed E-state index contributed by atoms with van der Waals surface area (Å²) in [6.45, 7) is 4.84. The van der Waals surface area contributed by atoms with Crippen molar-refractivity contribution in [3.05, 3.63) is 17.7 Å². The fraction of sp³-hybridized carbons (Fsp3) is 0.625. The third-order valence-electron chi connectivity index (χ3n) is 3.98. The summed E-state index contributed by atoms with van der Waals surface area (Å²) < 4.78 is 22.2. The van der Waals surface area contributed by atoms with E-state index in [0.717, 1.165) is 55.5 Å². The van der Waals surface area contributed by atoms with Crippen molar-refractivity contribution < 1.29 is 18.9 Å². The number of ether oxygens (including phenoxy) is 4. The van der Waals surface area contributed by atoms with Crippen LogP contribution in [0.2, 0.25) is 0 Å². The third kappa shape index (κ3) is 3.41. The minimum Gasteiger partial charge on any atom is -0.496 e. The molecule has 1 atom stereocenters. The highest BCUT2D eigenvalue weighted by Crippen LogP contribution is 2.37. The van der Waals surface area contributed by atoms with Crippen LogP contribution >= 0.6 is 0 Å². The van der Waals surface area contributed by atoms with Crippen LogP contribution in [0.25, 0.3) is 0 Å². The summed E-state index contributed by atoms with van der Waals surface area (Å²) in [6, 6.07) is 3.96. The SMILES string of the molecule is COc1cc2c(cc1CN(C)C[C@@H]1CCOC1)OCCO2. The summed E-state index contributed by atoms with van der Waals surface area (Å²) >= 11 is 0. The van der Waals surface area contributed by atoms with Gasteiger partial charge in [-0.1, -0.05) is 0 Å². The van der Waals surface area contributed by atoms with E-state index in [1.54, 1.807) is 7.11 Å². The lowest BCUT2D eigenvalue weighted by Gasteiger charge is -2.24. The van der Waals surface area contributed by atoms with Crippen molar-refractivity contribution >= 4 is 0 Å². The molecular formula is C16H23NO4. The van der Waals surface area contributed by atoms with Gasteiger partial charge in [0.25, 0.3) is 0 Å². The average molecular weight is 293 g/mol. The van der Waals surface area contributed by atoms with E-state index in [4.69, 9.17) is 18.9 Å². The van der Waals surface area contributed by atoms with Gasteiger partial charge in [-0.25, -0.2) is 0 Å². The van der Waals surface area contributed by atoms with Crippen LogP contribution in [0.3, 0.4) is 0 Å². The first kappa shape index (κ1) is 14.5. The molecule has 1 aromatic carbocycles. The van der Waals surface area contributed by atoms with Crippen molar-refractivity contribution in [2.45, 2.75) is 13.0 Å². The number of methoxy groups -OCH3 is 1. The number of hydrogen-bond acceptors (Lipinski definition) is 5. The molecule has 0 aliphatic carbocycles. The highest BCUT2D eigenvalue weighted by molar-refractivity contribution is 5.51. The van der Waals surface area contributed by atoms with E-state index in [9.17, 15) is 0 Å². The van der Waals surface area contributed by atoms with Gasteiger partial charge >= 0.3 is 0 Å². The Balaban J connectivity index is 1.70. The first-order chi connectivity index (χ1) is 10.3. The number of fused-ring (bicyclic) bond motifs is 1. The lowest BCUT2D eigenvalue weighted by molar-refractivity contribution is 0.168. The van der Waals surface area contributed by atoms with Crippen molar-refractivity contribution in [2.75, 3.05) is 47.1 Å². The van der Waals surface area contributed by atoms with E-state index in [0.29, 0.717) is 19.1 Å². The molecule has 5 heteroatoms. The number of rotatable bonds is 5. The highest BCUT2D eigenvalue weighted by Gasteiger charge is 2.20. The minimum absolute atomic E-state index is 0.594. The first-order valence-electron chi connectivity index (χ1n) is 7.49. The Kier molecular flexibility index (Phi) is 4.51. The number of benzene rings is 1. The summed E-state index contributed by atoms with van der Waals surface area (Å²) in [7, 11) is 3.83. The second-order valence-electron chi connectivity index (χ2n) is 5.73. The van der Waals surface area contributed by atoms with Crippen molar-refractivity contribution in [3.8, 4) is 17.2 Å². The van der Waals surface area contributed by atoms with Gasteiger partial charge in [-0.15, -0.1) is 0 Å². The largest absolute Gasteiger partial charge is 0.496 e. The van der Waals surface area contributed by atoms with E-state index >= 15 is 0 Å². The van der Waals surface area contributed by atoms with Crippen molar-refractivity contribution in [1.29, 1.82) is 0 Å². The van der Waals surface area contributed by atoms with Gasteiger partial charge in [0.2, 0.25) is 0 Å². The molecule has 2 heterocycles. The third-order valence-corrected chi connectivity index (χ3v) is 3.98. The highest BCUT2D eigenvalue weighted by atomic mass is 16.6. The molecule has 0 amide bonds. The minimum atomic E-state index is 0.594. The van der Waals surface area contributed by atoms with Crippen LogP contribution in [-0.2, 0) is 11.3 Å². The van der Waals surface area contributed by atoms with Crippen LogP contribution in [0, 0.1) is 5.92 Å². The molecule has 0 N–H and O–H groups in total. The molecule has 116 valence electrons. The zero-order valence-corrected chi connectivity index (χ0v) is 12.8. The lowest BCUT2D eigenvalue weighted by atomic mass is 10.1. The Labute approximate surface area is 125 Å². The quantitative estimate of drug-likeness (QED) is 0.829. The van der Waals surface area contributed by atoms with Crippen LogP contribution in [0.4, 0.5) is 0 Å². The normalized spacial score (nSPS) is 20.8. The predicted octanol–water partition coefficient (Wildman–Crippen LogP) is 1.93. The zero-order chi connectivity index (χ0) is 14.7. The van der Waals surface area contributed by atoms with Crippen LogP contribution in [0.15, 0.2) is 12.1 Å². The molecule has 2 aliphatic heterocycles. The second kappa shape index (κ2) is 6.54. The summed E-state index contributed by atoms with van der Waals surface area (Å²) in [5.41, 5.74) is 1.13. The van der Waals surface area contributed by atoms with Gasteiger partial charge in [-0.05, 0) is 25.5 Å². The molecule has 0 unspecified atom stereocenters. The van der Waals surface area contributed by atoms with Gasteiger partial charge < -0.3 is 23.8 Å². The van der Waals surface area contributed by atoms with Crippen LogP contribution in [-0.4, -0.2) is 52.0 Å². The maximum atomic E-state index is 5.66. The van der Waals surface area contributed by atoms with Crippen molar-refractivity contribution in [3.63, 3.8) is 0 Å². The predicted molar refractivity (Wildman–Crippen MR) is 79.2 cm³/mol. The Morgan fingerprint density at radius 2 is 1.95 bits per heavy atom. The van der Waals surface area contributed by atoms with Gasteiger partial charge in [-0.3, -0.25) is 0 Å². The van der Waals surface area contributed by atoms with Crippen LogP contribution in [0.5, 0.6) is 17.2 Å². The monoisotopic (exact) mass is 293 g/mol. The summed E-state index contributed by atoms with van der Waals surface area (Å²) in [5.74, 6) is 3.08. The maximum Gasteiger partial charge on any atom is 0.165 e. The Hall–Kier alpha value is -1.46. The number of hydrogen-bond donors (Lipinski definition) is 0.